The van der Waals surface area contributed by atoms with Crippen molar-refractivity contribution >= 4 is 15.7 Å². The monoisotopic (exact) mass is 270 g/mol. The van der Waals surface area contributed by atoms with Crippen molar-refractivity contribution in [2.75, 3.05) is 13.7 Å². The maximum Gasteiger partial charge on any atom is 0.333 e. The van der Waals surface area contributed by atoms with Gasteiger partial charge in [0.2, 0.25) is 9.76 Å². The highest BCUT2D eigenvalue weighted by atomic mass is 28.2. The predicted octanol–water partition coefficient (Wildman–Crippen LogP) is 3.23. The number of hydrogen-bond donors (Lipinski definition) is 0. The molecule has 18 heavy (non-hydrogen) atoms. The molecule has 0 aromatic carbocycles. The summed E-state index contributed by atoms with van der Waals surface area (Å²) in [4.78, 5) is 11.4. The molecule has 0 aliphatic carbocycles. The van der Waals surface area contributed by atoms with E-state index in [2.05, 4.69) is 34.3 Å². The van der Waals surface area contributed by atoms with Gasteiger partial charge in [-0.3, -0.25) is 0 Å². The van der Waals surface area contributed by atoms with E-state index >= 15 is 0 Å². The lowest BCUT2D eigenvalue weighted by Gasteiger charge is -2.39. The highest BCUT2D eigenvalue weighted by Gasteiger charge is 2.38. The quantitative estimate of drug-likeness (QED) is 0.386. The van der Waals surface area contributed by atoms with E-state index in [-0.39, 0.29) is 11.0 Å². The summed E-state index contributed by atoms with van der Waals surface area (Å²) in [6, 6.07) is 0. The van der Waals surface area contributed by atoms with Crippen molar-refractivity contribution < 1.29 is 14.0 Å². The first-order valence-corrected chi connectivity index (χ1v) is 7.31. The summed E-state index contributed by atoms with van der Waals surface area (Å²) in [5.41, 5.74) is 0.448. The van der Waals surface area contributed by atoms with E-state index < -0.39 is 0 Å². The lowest BCUT2D eigenvalue weighted by atomic mass is 9.82. The highest BCUT2D eigenvalue weighted by Crippen LogP contribution is 2.45. The molecule has 0 aliphatic rings. The van der Waals surface area contributed by atoms with Gasteiger partial charge in [0.05, 0.1) is 6.61 Å². The van der Waals surface area contributed by atoms with Crippen LogP contribution in [0.15, 0.2) is 12.2 Å². The molecule has 0 fully saturated rings. The first-order valence-electron chi connectivity index (χ1n) is 6.40. The van der Waals surface area contributed by atoms with Crippen molar-refractivity contribution in [2.45, 2.75) is 46.1 Å². The third-order valence-corrected chi connectivity index (χ3v) is 5.44. The molecule has 4 heteroatoms. The molecular formula is C14H26O3Si. The van der Waals surface area contributed by atoms with Crippen LogP contribution in [-0.4, -0.2) is 29.4 Å². The molecule has 0 unspecified atom stereocenters. The lowest BCUT2D eigenvalue weighted by Crippen LogP contribution is -2.34. The molecule has 0 rings (SSSR count). The Bertz CT molecular complexity index is 277. The van der Waals surface area contributed by atoms with E-state index in [1.54, 1.807) is 14.0 Å². The minimum Gasteiger partial charge on any atom is -0.462 e. The van der Waals surface area contributed by atoms with Crippen molar-refractivity contribution in [1.82, 2.24) is 0 Å². The Balaban J connectivity index is 4.60. The Kier molecular flexibility index (Phi) is 7.48. The Hall–Kier alpha value is -0.613. The van der Waals surface area contributed by atoms with Crippen molar-refractivity contribution in [1.29, 1.82) is 0 Å². The molecule has 0 aromatic rings. The second-order valence-corrected chi connectivity index (χ2v) is 6.87. The third-order valence-electron chi connectivity index (χ3n) is 3.45. The van der Waals surface area contributed by atoms with E-state index in [4.69, 9.17) is 9.16 Å². The van der Waals surface area contributed by atoms with Gasteiger partial charge in [0.25, 0.3) is 0 Å². The summed E-state index contributed by atoms with van der Waals surface area (Å²) in [5, 5.41) is 0.0735. The SMILES string of the molecule is C=C(C)C(=O)OCCC([Si]OC)(C(C)C)C(C)C. The predicted molar refractivity (Wildman–Crippen MR) is 75.5 cm³/mol. The van der Waals surface area contributed by atoms with Crippen molar-refractivity contribution in [3.63, 3.8) is 0 Å². The zero-order valence-corrected chi connectivity index (χ0v) is 13.5. The van der Waals surface area contributed by atoms with Crippen LogP contribution in [0.2, 0.25) is 5.04 Å². The van der Waals surface area contributed by atoms with Crippen LogP contribution in [0.4, 0.5) is 0 Å². The van der Waals surface area contributed by atoms with Crippen LogP contribution in [0.25, 0.3) is 0 Å². The largest absolute Gasteiger partial charge is 0.462 e. The van der Waals surface area contributed by atoms with Crippen molar-refractivity contribution in [2.24, 2.45) is 11.8 Å². The molecule has 0 spiro atoms. The number of carbonyl (C=O) groups excluding carboxylic acids is 1. The second-order valence-electron chi connectivity index (χ2n) is 5.32. The summed E-state index contributed by atoms with van der Waals surface area (Å²) < 4.78 is 10.6. The van der Waals surface area contributed by atoms with Gasteiger partial charge in [-0.1, -0.05) is 34.3 Å². The molecular weight excluding hydrogens is 244 g/mol. The van der Waals surface area contributed by atoms with E-state index in [0.29, 0.717) is 33.8 Å². The van der Waals surface area contributed by atoms with Crippen LogP contribution in [0.3, 0.4) is 0 Å². The van der Waals surface area contributed by atoms with E-state index in [0.717, 1.165) is 6.42 Å². The number of carbonyl (C=O) groups is 1. The fourth-order valence-corrected chi connectivity index (χ4v) is 3.21. The van der Waals surface area contributed by atoms with Crippen LogP contribution in [0, 0.1) is 11.8 Å². The molecule has 0 atom stereocenters. The third kappa shape index (κ3) is 4.57. The van der Waals surface area contributed by atoms with Crippen LogP contribution >= 0.6 is 0 Å². The first kappa shape index (κ1) is 17.4. The van der Waals surface area contributed by atoms with Crippen LogP contribution in [0.5, 0.6) is 0 Å². The molecule has 2 radical (unpaired) electrons. The zero-order chi connectivity index (χ0) is 14.3. The van der Waals surface area contributed by atoms with Gasteiger partial charge in [0.15, 0.2) is 0 Å². The number of rotatable bonds is 8. The average Bonchev–Trinajstić information content (AvgIpc) is 2.26. The Morgan fingerprint density at radius 1 is 1.28 bits per heavy atom. The van der Waals surface area contributed by atoms with Gasteiger partial charge in [-0.15, -0.1) is 0 Å². The molecule has 0 bridgehead atoms. The Morgan fingerprint density at radius 3 is 2.11 bits per heavy atom. The van der Waals surface area contributed by atoms with Gasteiger partial charge in [-0.05, 0) is 30.2 Å². The molecule has 0 heterocycles. The smallest absolute Gasteiger partial charge is 0.333 e. The summed E-state index contributed by atoms with van der Waals surface area (Å²) >= 11 is 0. The normalized spacial score (nSPS) is 12.0. The number of ether oxygens (including phenoxy) is 1. The fraction of sp³-hybridized carbons (Fsp3) is 0.786. The van der Waals surface area contributed by atoms with Crippen LogP contribution in [0.1, 0.15) is 41.0 Å². The van der Waals surface area contributed by atoms with Gasteiger partial charge in [-0.2, -0.15) is 0 Å². The molecule has 0 aromatic heterocycles. The number of hydrogen-bond acceptors (Lipinski definition) is 3. The lowest BCUT2D eigenvalue weighted by molar-refractivity contribution is -0.139. The zero-order valence-electron chi connectivity index (χ0n) is 12.5. The molecule has 0 amide bonds. The Morgan fingerprint density at radius 2 is 1.78 bits per heavy atom. The van der Waals surface area contributed by atoms with Crippen molar-refractivity contribution in [3.8, 4) is 0 Å². The van der Waals surface area contributed by atoms with Crippen molar-refractivity contribution in [3.05, 3.63) is 12.2 Å². The topological polar surface area (TPSA) is 35.5 Å². The van der Waals surface area contributed by atoms with Crippen LogP contribution < -0.4 is 0 Å². The Labute approximate surface area is 114 Å². The van der Waals surface area contributed by atoms with E-state index in [9.17, 15) is 4.79 Å². The molecule has 104 valence electrons. The average molecular weight is 270 g/mol. The molecule has 0 aliphatic heterocycles. The van der Waals surface area contributed by atoms with Gasteiger partial charge < -0.3 is 9.16 Å². The maximum absolute atomic E-state index is 11.4. The summed E-state index contributed by atoms with van der Waals surface area (Å²) in [5.74, 6) is 0.663. The molecule has 3 nitrogen and oxygen atoms in total. The highest BCUT2D eigenvalue weighted by molar-refractivity contribution is 6.32. The summed E-state index contributed by atoms with van der Waals surface area (Å²) in [7, 11) is 2.16. The van der Waals surface area contributed by atoms with E-state index in [1.807, 2.05) is 0 Å². The van der Waals surface area contributed by atoms with Gasteiger partial charge in [0.1, 0.15) is 0 Å². The fourth-order valence-electron chi connectivity index (χ4n) is 2.16. The summed E-state index contributed by atoms with van der Waals surface area (Å²) in [6.07, 6.45) is 0.827. The first-order chi connectivity index (χ1) is 8.27. The van der Waals surface area contributed by atoms with Gasteiger partial charge >= 0.3 is 5.97 Å². The number of esters is 1. The second kappa shape index (κ2) is 7.74. The molecule has 0 saturated carbocycles. The standard InChI is InChI=1S/C14H26O3Si/c1-10(2)13(15)17-9-8-14(11(3)4,12(5)6)18-16-7/h11-12H,1,8-9H2,2-7H3. The summed E-state index contributed by atoms with van der Waals surface area (Å²) in [6.45, 7) is 14.5. The van der Waals surface area contributed by atoms with Gasteiger partial charge in [-0.25, -0.2) is 4.79 Å². The minimum atomic E-state index is -0.308. The van der Waals surface area contributed by atoms with Crippen LogP contribution in [-0.2, 0) is 14.0 Å². The van der Waals surface area contributed by atoms with E-state index in [1.165, 1.54) is 0 Å². The molecule has 0 N–H and O–H groups in total. The minimum absolute atomic E-state index is 0.0735. The molecule has 0 saturated heterocycles. The maximum atomic E-state index is 11.4. The van der Waals surface area contributed by atoms with Gasteiger partial charge in [0, 0.05) is 12.7 Å².